The van der Waals surface area contributed by atoms with Crippen molar-refractivity contribution in [2.75, 3.05) is 0 Å². The van der Waals surface area contributed by atoms with Crippen LogP contribution in [0.1, 0.15) is 22.6 Å². The van der Waals surface area contributed by atoms with E-state index in [1.54, 1.807) is 11.3 Å². The summed E-state index contributed by atoms with van der Waals surface area (Å²) in [6.07, 6.45) is 1.99. The van der Waals surface area contributed by atoms with Gasteiger partial charge in [0.15, 0.2) is 10.1 Å². The molecule has 0 radical (unpaired) electrons. The van der Waals surface area contributed by atoms with E-state index in [-0.39, 0.29) is 0 Å². The van der Waals surface area contributed by atoms with Gasteiger partial charge in [0.1, 0.15) is 5.03 Å². The molecule has 0 aliphatic heterocycles. The lowest BCUT2D eigenvalue weighted by molar-refractivity contribution is 0.872. The fraction of sp³-hybridized carbons (Fsp3) is 0.308. The lowest BCUT2D eigenvalue weighted by atomic mass is 10.2. The molecule has 2 N–H and O–H groups in total. The van der Waals surface area contributed by atoms with Crippen molar-refractivity contribution in [2.45, 2.75) is 37.5 Å². The van der Waals surface area contributed by atoms with E-state index in [1.807, 2.05) is 36.7 Å². The van der Waals surface area contributed by atoms with Crippen LogP contribution < -0.4 is 5.73 Å². The van der Waals surface area contributed by atoms with Crippen molar-refractivity contribution in [1.82, 2.24) is 19.4 Å². The van der Waals surface area contributed by atoms with E-state index in [9.17, 15) is 0 Å². The topological polar surface area (TPSA) is 69.1 Å². The quantitative estimate of drug-likeness (QED) is 0.753. The van der Waals surface area contributed by atoms with Gasteiger partial charge in [-0.05, 0) is 38.1 Å². The van der Waals surface area contributed by atoms with Crippen molar-refractivity contribution in [3.05, 3.63) is 34.2 Å². The van der Waals surface area contributed by atoms with Gasteiger partial charge in [0.2, 0.25) is 0 Å². The molecule has 5 nitrogen and oxygen atoms in total. The van der Waals surface area contributed by atoms with E-state index in [4.69, 9.17) is 5.73 Å². The van der Waals surface area contributed by atoms with E-state index < -0.39 is 0 Å². The van der Waals surface area contributed by atoms with Crippen LogP contribution in [0.15, 0.2) is 21.8 Å². The summed E-state index contributed by atoms with van der Waals surface area (Å²) in [5, 5.41) is 3.63. The highest BCUT2D eigenvalue weighted by Gasteiger charge is 2.15. The molecule has 0 spiro atoms. The standard InChI is InChI=1S/C13H15N5S2/c1-7-8(2)15-12(16-9(7)3)20-11-10(6-14)18-4-5-19-13(18)17-11/h4-5H,6,14H2,1-3H3. The van der Waals surface area contributed by atoms with E-state index in [2.05, 4.69) is 15.0 Å². The number of hydrogen-bond donors (Lipinski definition) is 1. The predicted octanol–water partition coefficient (Wildman–Crippen LogP) is 2.72. The second-order valence-corrected chi connectivity index (χ2v) is 6.36. The van der Waals surface area contributed by atoms with Gasteiger partial charge < -0.3 is 5.73 Å². The molecule has 0 aromatic carbocycles. The van der Waals surface area contributed by atoms with Crippen LogP contribution in [0, 0.1) is 20.8 Å². The first kappa shape index (κ1) is 13.5. The van der Waals surface area contributed by atoms with Gasteiger partial charge in [-0.2, -0.15) is 0 Å². The van der Waals surface area contributed by atoms with E-state index in [1.165, 1.54) is 11.8 Å². The average Bonchev–Trinajstić information content (AvgIpc) is 2.96. The van der Waals surface area contributed by atoms with Crippen molar-refractivity contribution in [2.24, 2.45) is 5.73 Å². The van der Waals surface area contributed by atoms with Crippen LogP contribution >= 0.6 is 23.1 Å². The molecule has 0 atom stereocenters. The maximum absolute atomic E-state index is 5.85. The summed E-state index contributed by atoms with van der Waals surface area (Å²) in [5.74, 6) is 0. The minimum Gasteiger partial charge on any atom is -0.325 e. The van der Waals surface area contributed by atoms with Gasteiger partial charge in [0, 0.05) is 29.5 Å². The Morgan fingerprint density at radius 2 is 1.90 bits per heavy atom. The average molecular weight is 305 g/mol. The molecule has 0 saturated carbocycles. The number of fused-ring (bicyclic) bond motifs is 1. The Morgan fingerprint density at radius 1 is 1.20 bits per heavy atom. The van der Waals surface area contributed by atoms with Crippen LogP contribution in [0.5, 0.6) is 0 Å². The molecule has 0 saturated heterocycles. The number of thiazole rings is 1. The smallest absolute Gasteiger partial charge is 0.194 e. The fourth-order valence-electron chi connectivity index (χ4n) is 1.95. The van der Waals surface area contributed by atoms with Crippen LogP contribution in [0.25, 0.3) is 4.96 Å². The normalized spacial score (nSPS) is 11.4. The number of aryl methyl sites for hydroxylation is 2. The van der Waals surface area contributed by atoms with Gasteiger partial charge in [-0.1, -0.05) is 0 Å². The Labute approximate surface area is 125 Å². The van der Waals surface area contributed by atoms with Gasteiger partial charge in [-0.3, -0.25) is 4.40 Å². The van der Waals surface area contributed by atoms with Gasteiger partial charge in [-0.15, -0.1) is 11.3 Å². The SMILES string of the molecule is Cc1nc(Sc2nc3sccn3c2CN)nc(C)c1C. The second kappa shape index (κ2) is 5.16. The molecule has 3 aromatic heterocycles. The van der Waals surface area contributed by atoms with Crippen molar-refractivity contribution in [1.29, 1.82) is 0 Å². The maximum Gasteiger partial charge on any atom is 0.194 e. The number of rotatable bonds is 3. The molecule has 3 aromatic rings. The molecule has 0 aliphatic carbocycles. The lowest BCUT2D eigenvalue weighted by Crippen LogP contribution is -2.02. The van der Waals surface area contributed by atoms with Crippen LogP contribution in [0.2, 0.25) is 0 Å². The summed E-state index contributed by atoms with van der Waals surface area (Å²) in [6.45, 7) is 6.49. The predicted molar refractivity (Wildman–Crippen MR) is 81.3 cm³/mol. The Morgan fingerprint density at radius 3 is 2.55 bits per heavy atom. The third-order valence-corrected chi connectivity index (χ3v) is 4.96. The van der Waals surface area contributed by atoms with Crippen LogP contribution in [-0.4, -0.2) is 19.4 Å². The van der Waals surface area contributed by atoms with Crippen molar-refractivity contribution >= 4 is 28.1 Å². The van der Waals surface area contributed by atoms with Crippen molar-refractivity contribution in [3.63, 3.8) is 0 Å². The number of aromatic nitrogens is 4. The zero-order chi connectivity index (χ0) is 14.3. The molecule has 0 bridgehead atoms. The molecule has 20 heavy (non-hydrogen) atoms. The minimum atomic E-state index is 0.448. The van der Waals surface area contributed by atoms with E-state index in [0.29, 0.717) is 6.54 Å². The molecule has 7 heteroatoms. The molecule has 3 rings (SSSR count). The number of nitrogens with zero attached hydrogens (tertiary/aromatic N) is 4. The first-order valence-electron chi connectivity index (χ1n) is 6.24. The Bertz CT molecular complexity index is 751. The molecular formula is C13H15N5S2. The zero-order valence-corrected chi connectivity index (χ0v) is 13.2. The first-order valence-corrected chi connectivity index (χ1v) is 7.94. The van der Waals surface area contributed by atoms with Gasteiger partial charge >= 0.3 is 0 Å². The maximum atomic E-state index is 5.85. The molecule has 0 unspecified atom stereocenters. The number of imidazole rings is 1. The Balaban J connectivity index is 2.02. The number of nitrogens with two attached hydrogens (primary N) is 1. The Kier molecular flexibility index (Phi) is 3.49. The molecule has 104 valence electrons. The summed E-state index contributed by atoms with van der Waals surface area (Å²) in [6, 6.07) is 0. The van der Waals surface area contributed by atoms with Crippen LogP contribution in [0.4, 0.5) is 0 Å². The monoisotopic (exact) mass is 305 g/mol. The third kappa shape index (κ3) is 2.21. The van der Waals surface area contributed by atoms with Crippen LogP contribution in [-0.2, 0) is 6.54 Å². The van der Waals surface area contributed by atoms with E-state index >= 15 is 0 Å². The van der Waals surface area contributed by atoms with E-state index in [0.717, 1.165) is 37.8 Å². The highest BCUT2D eigenvalue weighted by atomic mass is 32.2. The second-order valence-electron chi connectivity index (χ2n) is 4.53. The molecule has 3 heterocycles. The summed E-state index contributed by atoms with van der Waals surface area (Å²) in [7, 11) is 0. The first-order chi connectivity index (χ1) is 9.60. The van der Waals surface area contributed by atoms with Crippen molar-refractivity contribution in [3.8, 4) is 0 Å². The zero-order valence-electron chi connectivity index (χ0n) is 11.5. The molecule has 0 amide bonds. The number of hydrogen-bond acceptors (Lipinski definition) is 6. The molecule has 0 fully saturated rings. The fourth-order valence-corrected chi connectivity index (χ4v) is 3.71. The molecular weight excluding hydrogens is 290 g/mol. The highest BCUT2D eigenvalue weighted by molar-refractivity contribution is 7.99. The molecule has 0 aliphatic rings. The third-order valence-electron chi connectivity index (χ3n) is 3.32. The Hall–Kier alpha value is -1.44. The summed E-state index contributed by atoms with van der Waals surface area (Å²) >= 11 is 3.08. The minimum absolute atomic E-state index is 0.448. The van der Waals surface area contributed by atoms with Crippen molar-refractivity contribution < 1.29 is 0 Å². The van der Waals surface area contributed by atoms with Gasteiger partial charge in [0.05, 0.1) is 5.69 Å². The van der Waals surface area contributed by atoms with Gasteiger partial charge in [-0.25, -0.2) is 15.0 Å². The highest BCUT2D eigenvalue weighted by Crippen LogP contribution is 2.30. The summed E-state index contributed by atoms with van der Waals surface area (Å²) < 4.78 is 2.03. The summed E-state index contributed by atoms with van der Waals surface area (Å²) in [5.41, 5.74) is 10.0. The van der Waals surface area contributed by atoms with Gasteiger partial charge in [0.25, 0.3) is 0 Å². The van der Waals surface area contributed by atoms with Crippen LogP contribution in [0.3, 0.4) is 0 Å². The summed E-state index contributed by atoms with van der Waals surface area (Å²) in [4.78, 5) is 14.6. The largest absolute Gasteiger partial charge is 0.325 e. The lowest BCUT2D eigenvalue weighted by Gasteiger charge is -2.06.